The molecule has 2 aromatic heterocycles. The van der Waals surface area contributed by atoms with Gasteiger partial charge in [-0.1, -0.05) is 0 Å². The lowest BCUT2D eigenvalue weighted by Crippen LogP contribution is -2.09. The molecule has 0 aliphatic carbocycles. The number of benzene rings is 1. The van der Waals surface area contributed by atoms with E-state index in [1.54, 1.807) is 6.07 Å². The van der Waals surface area contributed by atoms with Crippen molar-refractivity contribution in [2.24, 2.45) is 0 Å². The molecule has 8 nitrogen and oxygen atoms in total. The molecule has 0 radical (unpaired) electrons. The Morgan fingerprint density at radius 2 is 1.95 bits per heavy atom. The van der Waals surface area contributed by atoms with Crippen molar-refractivity contribution in [2.75, 3.05) is 11.5 Å². The van der Waals surface area contributed by atoms with Gasteiger partial charge in [0, 0.05) is 22.7 Å². The van der Waals surface area contributed by atoms with Gasteiger partial charge in [0.15, 0.2) is 10.7 Å². The summed E-state index contributed by atoms with van der Waals surface area (Å²) in [7, 11) is 0. The maximum atomic E-state index is 11.3. The Morgan fingerprint density at radius 1 is 1.15 bits per heavy atom. The molecule has 0 unspecified atom stereocenters. The summed E-state index contributed by atoms with van der Waals surface area (Å²) in [5.41, 5.74) is 12.3. The second kappa shape index (κ2) is 4.46. The summed E-state index contributed by atoms with van der Waals surface area (Å²) < 4.78 is 4.90. The number of hydrogen-bond acceptors (Lipinski definition) is 7. The van der Waals surface area contributed by atoms with Crippen LogP contribution in [0, 0.1) is 0 Å². The summed E-state index contributed by atoms with van der Waals surface area (Å²) in [6.07, 6.45) is 0. The molecular formula is C11H9N5O3S. The average molecular weight is 291 g/mol. The first-order valence-corrected chi connectivity index (χ1v) is 6.30. The average Bonchev–Trinajstić information content (AvgIpc) is 2.67. The van der Waals surface area contributed by atoms with Gasteiger partial charge in [0.25, 0.3) is 5.56 Å². The number of nitrogen functional groups attached to an aromatic ring is 2. The van der Waals surface area contributed by atoms with E-state index < -0.39 is 5.76 Å². The van der Waals surface area contributed by atoms with Gasteiger partial charge in [-0.05, 0) is 17.8 Å². The summed E-state index contributed by atoms with van der Waals surface area (Å²) in [6.45, 7) is 0. The van der Waals surface area contributed by atoms with Gasteiger partial charge >= 0.3 is 5.76 Å². The molecule has 0 atom stereocenters. The Kier molecular flexibility index (Phi) is 2.75. The van der Waals surface area contributed by atoms with E-state index in [0.717, 1.165) is 11.8 Å². The van der Waals surface area contributed by atoms with E-state index in [9.17, 15) is 9.59 Å². The van der Waals surface area contributed by atoms with Gasteiger partial charge in [-0.2, -0.15) is 0 Å². The van der Waals surface area contributed by atoms with Crippen LogP contribution in [0.4, 0.5) is 11.5 Å². The predicted molar refractivity (Wildman–Crippen MR) is 74.6 cm³/mol. The van der Waals surface area contributed by atoms with Gasteiger partial charge < -0.3 is 20.9 Å². The highest BCUT2D eigenvalue weighted by molar-refractivity contribution is 7.99. The predicted octanol–water partition coefficient (Wildman–Crippen LogP) is 0.520. The third kappa shape index (κ3) is 2.26. The number of H-pyrrole nitrogens is 2. The standard InChI is InChI=1S/C11H9N5O3S/c12-4-1-6-5(14-11(18)19-6)2-7(4)20-10-15-8(13)3-9(17)16-10/h1-3H,12H2,(H,14,18)(H3,13,15,16,17). The maximum Gasteiger partial charge on any atom is 0.417 e. The van der Waals surface area contributed by atoms with Crippen LogP contribution in [0.1, 0.15) is 0 Å². The fourth-order valence-electron chi connectivity index (χ4n) is 1.69. The molecule has 0 saturated heterocycles. The fraction of sp³-hybridized carbons (Fsp3) is 0. The monoisotopic (exact) mass is 291 g/mol. The first-order chi connectivity index (χ1) is 9.51. The lowest BCUT2D eigenvalue weighted by atomic mass is 10.3. The van der Waals surface area contributed by atoms with Gasteiger partial charge in [0.2, 0.25) is 0 Å². The van der Waals surface area contributed by atoms with Crippen LogP contribution < -0.4 is 22.8 Å². The maximum absolute atomic E-state index is 11.3. The van der Waals surface area contributed by atoms with Crippen molar-refractivity contribution in [3.63, 3.8) is 0 Å². The van der Waals surface area contributed by atoms with Gasteiger partial charge in [-0.3, -0.25) is 9.78 Å². The van der Waals surface area contributed by atoms with E-state index in [0.29, 0.717) is 26.8 Å². The zero-order valence-electron chi connectivity index (χ0n) is 9.97. The van der Waals surface area contributed by atoms with Crippen molar-refractivity contribution < 1.29 is 4.42 Å². The highest BCUT2D eigenvalue weighted by Crippen LogP contribution is 2.32. The number of rotatable bonds is 2. The van der Waals surface area contributed by atoms with Crippen LogP contribution in [0.15, 0.2) is 42.3 Å². The van der Waals surface area contributed by atoms with E-state index in [4.69, 9.17) is 15.9 Å². The lowest BCUT2D eigenvalue weighted by molar-refractivity contribution is 0.555. The minimum Gasteiger partial charge on any atom is -0.408 e. The van der Waals surface area contributed by atoms with E-state index in [2.05, 4.69) is 15.0 Å². The number of fused-ring (bicyclic) bond motifs is 1. The number of hydrogen-bond donors (Lipinski definition) is 4. The Labute approximate surface area is 115 Å². The summed E-state index contributed by atoms with van der Waals surface area (Å²) in [4.78, 5) is 32.1. The molecule has 102 valence electrons. The molecule has 0 fully saturated rings. The zero-order valence-corrected chi connectivity index (χ0v) is 10.8. The van der Waals surface area contributed by atoms with Gasteiger partial charge in [-0.25, -0.2) is 9.78 Å². The quantitative estimate of drug-likeness (QED) is 0.398. The molecule has 2 heterocycles. The first-order valence-electron chi connectivity index (χ1n) is 5.48. The summed E-state index contributed by atoms with van der Waals surface area (Å²) in [5.74, 6) is -0.440. The van der Waals surface area contributed by atoms with E-state index >= 15 is 0 Å². The van der Waals surface area contributed by atoms with E-state index in [1.165, 1.54) is 12.1 Å². The van der Waals surface area contributed by atoms with Crippen molar-refractivity contribution in [1.29, 1.82) is 0 Å². The second-order valence-electron chi connectivity index (χ2n) is 3.98. The Hall–Kier alpha value is -2.68. The first kappa shape index (κ1) is 12.4. The number of nitrogens with one attached hydrogen (secondary N) is 2. The van der Waals surface area contributed by atoms with Gasteiger partial charge in [-0.15, -0.1) is 0 Å². The second-order valence-corrected chi connectivity index (χ2v) is 5.01. The molecule has 0 spiro atoms. The minimum atomic E-state index is -0.558. The molecule has 6 N–H and O–H groups in total. The molecule has 20 heavy (non-hydrogen) atoms. The molecule has 0 saturated carbocycles. The Balaban J connectivity index is 2.07. The number of anilines is 2. The molecule has 0 aliphatic heterocycles. The molecule has 9 heteroatoms. The SMILES string of the molecule is Nc1cc(=O)[nH]c(Sc2cc3[nH]c(=O)oc3cc2N)n1. The zero-order chi connectivity index (χ0) is 14.3. The van der Waals surface area contributed by atoms with Crippen LogP contribution in [0.25, 0.3) is 11.1 Å². The van der Waals surface area contributed by atoms with Crippen LogP contribution in [-0.2, 0) is 0 Å². The van der Waals surface area contributed by atoms with Crippen molar-refractivity contribution >= 4 is 34.4 Å². The van der Waals surface area contributed by atoms with Crippen LogP contribution in [-0.4, -0.2) is 15.0 Å². The van der Waals surface area contributed by atoms with E-state index in [-0.39, 0.29) is 11.4 Å². The summed E-state index contributed by atoms with van der Waals surface area (Å²) in [6, 6.07) is 4.35. The largest absolute Gasteiger partial charge is 0.417 e. The topological polar surface area (TPSA) is 144 Å². The highest BCUT2D eigenvalue weighted by Gasteiger charge is 2.10. The fourth-order valence-corrected chi connectivity index (χ4v) is 2.55. The normalized spacial score (nSPS) is 11.0. The molecule has 1 aromatic carbocycles. The van der Waals surface area contributed by atoms with Crippen molar-refractivity contribution in [2.45, 2.75) is 10.1 Å². The molecule has 0 aliphatic rings. The third-order valence-electron chi connectivity index (χ3n) is 2.50. The number of aromatic nitrogens is 3. The summed E-state index contributed by atoms with van der Waals surface area (Å²) >= 11 is 1.13. The Morgan fingerprint density at radius 3 is 2.70 bits per heavy atom. The van der Waals surface area contributed by atoms with Gasteiger partial charge in [0.1, 0.15) is 5.82 Å². The number of nitrogens with two attached hydrogens (primary N) is 2. The highest BCUT2D eigenvalue weighted by atomic mass is 32.2. The number of nitrogens with zero attached hydrogens (tertiary/aromatic N) is 1. The molecule has 3 rings (SSSR count). The Bertz CT molecular complexity index is 910. The van der Waals surface area contributed by atoms with Crippen LogP contribution >= 0.6 is 11.8 Å². The van der Waals surface area contributed by atoms with Crippen molar-refractivity contribution in [3.8, 4) is 0 Å². The van der Waals surface area contributed by atoms with Gasteiger partial charge in [0.05, 0.1) is 5.52 Å². The molecule has 0 bridgehead atoms. The van der Waals surface area contributed by atoms with Crippen LogP contribution in [0.3, 0.4) is 0 Å². The van der Waals surface area contributed by atoms with E-state index in [1.807, 2.05) is 0 Å². The molecule has 0 amide bonds. The third-order valence-corrected chi connectivity index (χ3v) is 3.46. The summed E-state index contributed by atoms with van der Waals surface area (Å²) in [5, 5.41) is 0.312. The van der Waals surface area contributed by atoms with Crippen LogP contribution in [0.5, 0.6) is 0 Å². The smallest absolute Gasteiger partial charge is 0.408 e. The van der Waals surface area contributed by atoms with Crippen LogP contribution in [0.2, 0.25) is 0 Å². The minimum absolute atomic E-state index is 0.118. The number of aromatic amines is 2. The number of oxazole rings is 1. The molecule has 3 aromatic rings. The lowest BCUT2D eigenvalue weighted by Gasteiger charge is -2.04. The van der Waals surface area contributed by atoms with Crippen molar-refractivity contribution in [1.82, 2.24) is 15.0 Å². The van der Waals surface area contributed by atoms with Crippen molar-refractivity contribution in [3.05, 3.63) is 39.1 Å². The molecular weight excluding hydrogens is 282 g/mol.